The van der Waals surface area contributed by atoms with Crippen LogP contribution < -0.4 is 15.4 Å². The first-order valence-corrected chi connectivity index (χ1v) is 14.2. The Balaban J connectivity index is 1.27. The van der Waals surface area contributed by atoms with Gasteiger partial charge >= 0.3 is 12.2 Å². The topological polar surface area (TPSA) is 128 Å². The van der Waals surface area contributed by atoms with Gasteiger partial charge in [0.05, 0.1) is 43.0 Å². The molecule has 0 radical (unpaired) electrons. The number of ether oxygens (including phenoxy) is 4. The van der Waals surface area contributed by atoms with Crippen LogP contribution in [-0.2, 0) is 27.1 Å². The monoisotopic (exact) mass is 567 g/mol. The van der Waals surface area contributed by atoms with Crippen LogP contribution in [0.3, 0.4) is 0 Å². The number of amides is 2. The van der Waals surface area contributed by atoms with Gasteiger partial charge in [-0.3, -0.25) is 0 Å². The summed E-state index contributed by atoms with van der Waals surface area (Å²) in [4.78, 5) is 29.6. The van der Waals surface area contributed by atoms with Gasteiger partial charge in [-0.1, -0.05) is 72.0 Å². The van der Waals surface area contributed by atoms with Crippen molar-refractivity contribution in [3.05, 3.63) is 83.5 Å². The summed E-state index contributed by atoms with van der Waals surface area (Å²) < 4.78 is 22.2. The summed E-state index contributed by atoms with van der Waals surface area (Å²) in [6.07, 6.45) is 0.209. The molecule has 5 rings (SSSR count). The van der Waals surface area contributed by atoms with Crippen molar-refractivity contribution in [1.82, 2.24) is 15.6 Å². The van der Waals surface area contributed by atoms with E-state index in [1.165, 1.54) is 17.5 Å². The van der Waals surface area contributed by atoms with Gasteiger partial charge in [-0.05, 0) is 36.8 Å². The third kappa shape index (κ3) is 7.79. The number of benzene rings is 2. The van der Waals surface area contributed by atoms with Crippen molar-refractivity contribution in [2.24, 2.45) is 5.92 Å². The Morgan fingerprint density at radius 2 is 1.73 bits per heavy atom. The molecule has 2 amide bonds. The summed E-state index contributed by atoms with van der Waals surface area (Å²) in [6.45, 7) is 0.854. The Hall–Kier alpha value is -3.51. The van der Waals surface area contributed by atoms with E-state index >= 15 is 0 Å². The highest BCUT2D eigenvalue weighted by Gasteiger charge is 2.44. The van der Waals surface area contributed by atoms with Crippen molar-refractivity contribution < 1.29 is 33.6 Å². The number of hydrogen-bond donors (Lipinski definition) is 3. The van der Waals surface area contributed by atoms with Crippen molar-refractivity contribution in [2.45, 2.75) is 56.3 Å². The van der Waals surface area contributed by atoms with Gasteiger partial charge in [-0.25, -0.2) is 14.6 Å². The Morgan fingerprint density at radius 1 is 1.00 bits per heavy atom. The maximum Gasteiger partial charge on any atom is 0.413 e. The Labute approximate surface area is 236 Å². The summed E-state index contributed by atoms with van der Waals surface area (Å²) >= 11 is 1.21. The number of rotatable bonds is 11. The molecule has 11 heteroatoms. The van der Waals surface area contributed by atoms with Crippen LogP contribution in [0.4, 0.5) is 9.59 Å². The first kappa shape index (κ1) is 28.0. The lowest BCUT2D eigenvalue weighted by Crippen LogP contribution is -2.49. The van der Waals surface area contributed by atoms with Gasteiger partial charge in [0, 0.05) is 6.04 Å². The molecule has 1 aromatic heterocycles. The van der Waals surface area contributed by atoms with Gasteiger partial charge in [0.25, 0.3) is 0 Å². The van der Waals surface area contributed by atoms with Crippen LogP contribution in [0.25, 0.3) is 0 Å². The summed E-state index contributed by atoms with van der Waals surface area (Å²) in [5, 5.41) is 17.5. The average Bonchev–Trinajstić information content (AvgIpc) is 3.70. The molecule has 6 atom stereocenters. The Kier molecular flexibility index (Phi) is 9.61. The van der Waals surface area contributed by atoms with E-state index in [1.807, 2.05) is 60.7 Å². The normalized spacial score (nSPS) is 22.1. The molecule has 10 nitrogen and oxygen atoms in total. The third-order valence-electron chi connectivity index (χ3n) is 7.09. The zero-order chi connectivity index (χ0) is 27.7. The molecular formula is C29H33N3O7S. The van der Waals surface area contributed by atoms with Crippen molar-refractivity contribution in [3.8, 4) is 5.06 Å². The predicted octanol–water partition coefficient (Wildman–Crippen LogP) is 3.69. The molecule has 40 heavy (non-hydrogen) atoms. The van der Waals surface area contributed by atoms with Gasteiger partial charge in [0.2, 0.25) is 5.06 Å². The number of carbonyl (C=O) groups excluding carboxylic acids is 2. The molecule has 0 spiro atoms. The number of alkyl carbamates (subject to hydrolysis) is 1. The van der Waals surface area contributed by atoms with Crippen molar-refractivity contribution >= 4 is 23.5 Å². The largest absolute Gasteiger partial charge is 0.443 e. The number of thiazole rings is 1. The number of carbonyl (C=O) groups is 2. The molecule has 2 aliphatic rings. The second-order valence-electron chi connectivity index (χ2n) is 9.95. The van der Waals surface area contributed by atoms with Gasteiger partial charge in [-0.15, -0.1) is 0 Å². The molecule has 3 N–H and O–H groups in total. The lowest BCUT2D eigenvalue weighted by atomic mass is 9.94. The highest BCUT2D eigenvalue weighted by Crippen LogP contribution is 2.33. The lowest BCUT2D eigenvalue weighted by molar-refractivity contribution is -0.0907. The van der Waals surface area contributed by atoms with E-state index in [4.69, 9.17) is 18.9 Å². The van der Waals surface area contributed by atoms with Crippen LogP contribution in [0, 0.1) is 5.92 Å². The van der Waals surface area contributed by atoms with Gasteiger partial charge in [0.15, 0.2) is 6.29 Å². The molecule has 212 valence electrons. The van der Waals surface area contributed by atoms with Gasteiger partial charge in [-0.2, -0.15) is 0 Å². The van der Waals surface area contributed by atoms with Gasteiger partial charge < -0.3 is 34.7 Å². The summed E-state index contributed by atoms with van der Waals surface area (Å²) in [5.74, 6) is 0.00672. The number of aliphatic hydroxyl groups is 1. The average molecular weight is 568 g/mol. The molecule has 3 heterocycles. The number of aromatic nitrogens is 1. The summed E-state index contributed by atoms with van der Waals surface area (Å²) in [6, 6.07) is 18.1. The fourth-order valence-electron chi connectivity index (χ4n) is 5.11. The minimum Gasteiger partial charge on any atom is -0.443 e. The van der Waals surface area contributed by atoms with E-state index in [2.05, 4.69) is 15.6 Å². The summed E-state index contributed by atoms with van der Waals surface area (Å²) in [7, 11) is 0. The number of fused-ring (bicyclic) bond motifs is 1. The Morgan fingerprint density at radius 3 is 2.42 bits per heavy atom. The van der Waals surface area contributed by atoms with E-state index in [9.17, 15) is 14.7 Å². The molecule has 2 aromatic carbocycles. The maximum absolute atomic E-state index is 13.0. The number of aliphatic hydroxyl groups excluding tert-OH is 1. The molecular weight excluding hydrogens is 534 g/mol. The standard InChI is InChI=1S/C29H33N3O7S/c33-24(15-21(13-19-7-3-1-4-8-19)31-28(34)39-26-16-30-18-40-26)23(14-20-9-5-2-6-10-20)32-29(35)38-25-17-37-27-22(25)11-12-36-27/h1-10,16,18,21-25,27,33H,11-15,17H2,(H,31,34)(H,32,35)/t21-,22-,23-,24-,25-,27+/m0/s1. The summed E-state index contributed by atoms with van der Waals surface area (Å²) in [5.41, 5.74) is 3.50. The third-order valence-corrected chi connectivity index (χ3v) is 7.73. The van der Waals surface area contributed by atoms with Crippen LogP contribution in [0.15, 0.2) is 72.4 Å². The smallest absolute Gasteiger partial charge is 0.413 e. The zero-order valence-corrected chi connectivity index (χ0v) is 22.7. The number of nitrogens with one attached hydrogen (secondary N) is 2. The molecule has 0 aliphatic carbocycles. The molecule has 2 fully saturated rings. The molecule has 0 unspecified atom stereocenters. The van der Waals surface area contributed by atoms with Crippen LogP contribution >= 0.6 is 11.3 Å². The second kappa shape index (κ2) is 13.7. The molecule has 3 aromatic rings. The Bertz CT molecular complexity index is 1210. The van der Waals surface area contributed by atoms with Crippen LogP contribution in [0.2, 0.25) is 0 Å². The van der Waals surface area contributed by atoms with E-state index < -0.39 is 36.5 Å². The second-order valence-corrected chi connectivity index (χ2v) is 10.8. The van der Waals surface area contributed by atoms with Gasteiger partial charge in [0.1, 0.15) is 6.10 Å². The first-order valence-electron chi connectivity index (χ1n) is 13.4. The fraction of sp³-hybridized carbons (Fsp3) is 0.414. The van der Waals surface area contributed by atoms with E-state index in [0.29, 0.717) is 24.5 Å². The molecule has 0 bridgehead atoms. The maximum atomic E-state index is 13.0. The van der Waals surface area contributed by atoms with Crippen LogP contribution in [0.5, 0.6) is 5.06 Å². The highest BCUT2D eigenvalue weighted by molar-refractivity contribution is 7.11. The van der Waals surface area contributed by atoms with Crippen molar-refractivity contribution in [1.29, 1.82) is 0 Å². The molecule has 2 aliphatic heterocycles. The molecule has 0 saturated carbocycles. The number of hydrogen-bond acceptors (Lipinski definition) is 9. The van der Waals surface area contributed by atoms with E-state index in [0.717, 1.165) is 17.5 Å². The SMILES string of the molecule is O=C(N[C@@H](Cc1ccccc1)C[C@H](O)[C@H](Cc1ccccc1)NC(=O)O[C@H]1CO[C@H]2OCC[C@H]21)Oc1cncs1. The van der Waals surface area contributed by atoms with E-state index in [-0.39, 0.29) is 25.2 Å². The fourth-order valence-corrected chi connectivity index (χ4v) is 5.58. The lowest BCUT2D eigenvalue weighted by Gasteiger charge is -2.28. The van der Waals surface area contributed by atoms with E-state index in [1.54, 1.807) is 5.51 Å². The zero-order valence-electron chi connectivity index (χ0n) is 21.9. The van der Waals surface area contributed by atoms with Crippen molar-refractivity contribution in [2.75, 3.05) is 13.2 Å². The van der Waals surface area contributed by atoms with Crippen LogP contribution in [0.1, 0.15) is 24.0 Å². The predicted molar refractivity (Wildman–Crippen MR) is 147 cm³/mol. The number of nitrogens with zero attached hydrogens (tertiary/aromatic N) is 1. The van der Waals surface area contributed by atoms with Crippen LogP contribution in [-0.4, -0.2) is 66.1 Å². The minimum absolute atomic E-state index is 0.00672. The first-order chi connectivity index (χ1) is 19.5. The molecule has 2 saturated heterocycles. The quantitative estimate of drug-likeness (QED) is 0.320. The highest BCUT2D eigenvalue weighted by atomic mass is 32.1. The van der Waals surface area contributed by atoms with Crippen molar-refractivity contribution in [3.63, 3.8) is 0 Å². The minimum atomic E-state index is -1.01.